The number of nitrogens with one attached hydrogen (secondary N) is 1. The number of nitrogens with zero attached hydrogens (tertiary/aromatic N) is 2. The Bertz CT molecular complexity index is 674. The first-order valence-corrected chi connectivity index (χ1v) is 10.8. The van der Waals surface area contributed by atoms with E-state index in [1.807, 2.05) is 25.3 Å². The third-order valence-electron chi connectivity index (χ3n) is 4.79. The number of methoxy groups -OCH3 is 1. The van der Waals surface area contributed by atoms with E-state index in [1.54, 1.807) is 19.2 Å². The summed E-state index contributed by atoms with van der Waals surface area (Å²) in [7, 11) is -1.73. The second-order valence-electron chi connectivity index (χ2n) is 6.85. The van der Waals surface area contributed by atoms with Crippen LogP contribution in [0.15, 0.2) is 34.3 Å². The van der Waals surface area contributed by atoms with Gasteiger partial charge in [-0.25, -0.2) is 13.1 Å². The summed E-state index contributed by atoms with van der Waals surface area (Å²) in [5.74, 6) is 0.250. The van der Waals surface area contributed by atoms with Crippen molar-refractivity contribution in [2.75, 3.05) is 26.8 Å². The number of rotatable bonds is 10. The predicted octanol–water partition coefficient (Wildman–Crippen LogP) is 2.79. The van der Waals surface area contributed by atoms with Gasteiger partial charge >= 0.3 is 0 Å². The molecule has 2 atom stereocenters. The topological polar surface area (TPSA) is 71.0 Å². The lowest BCUT2D eigenvalue weighted by Crippen LogP contribution is -2.29. The van der Waals surface area contributed by atoms with E-state index < -0.39 is 10.0 Å². The summed E-state index contributed by atoms with van der Waals surface area (Å²) < 4.78 is 32.6. The third kappa shape index (κ3) is 6.07. The molecule has 1 aliphatic heterocycles. The van der Waals surface area contributed by atoms with E-state index >= 15 is 0 Å². The van der Waals surface area contributed by atoms with Gasteiger partial charge in [-0.15, -0.1) is 0 Å². The van der Waals surface area contributed by atoms with Crippen molar-refractivity contribution in [2.24, 2.45) is 11.0 Å². The lowest BCUT2D eigenvalue weighted by Gasteiger charge is -2.21. The Balaban J connectivity index is 1.84. The van der Waals surface area contributed by atoms with Crippen LogP contribution in [-0.4, -0.2) is 52.5 Å². The van der Waals surface area contributed by atoms with E-state index in [-0.39, 0.29) is 5.92 Å². The Morgan fingerprint density at radius 1 is 1.38 bits per heavy atom. The first-order chi connectivity index (χ1) is 12.5. The van der Waals surface area contributed by atoms with Gasteiger partial charge in [-0.2, -0.15) is 5.10 Å². The largest absolute Gasteiger partial charge is 0.382 e. The molecule has 1 aromatic carbocycles. The fourth-order valence-electron chi connectivity index (χ4n) is 3.08. The monoisotopic (exact) mass is 381 g/mol. The molecule has 1 heterocycles. The second kappa shape index (κ2) is 10.0. The fraction of sp³-hybridized carbons (Fsp3) is 0.632. The van der Waals surface area contributed by atoms with Gasteiger partial charge in [0.15, 0.2) is 0 Å². The maximum absolute atomic E-state index is 12.3. The van der Waals surface area contributed by atoms with Gasteiger partial charge in [-0.1, -0.05) is 24.6 Å². The summed E-state index contributed by atoms with van der Waals surface area (Å²) in [6.07, 6.45) is 5.87. The van der Waals surface area contributed by atoms with Gasteiger partial charge in [-0.3, -0.25) is 5.01 Å². The van der Waals surface area contributed by atoms with Crippen molar-refractivity contribution in [3.63, 3.8) is 0 Å². The van der Waals surface area contributed by atoms with Crippen LogP contribution in [0.4, 0.5) is 0 Å². The lowest BCUT2D eigenvalue weighted by atomic mass is 10.0. The van der Waals surface area contributed by atoms with E-state index in [4.69, 9.17) is 4.74 Å². The van der Waals surface area contributed by atoms with Crippen molar-refractivity contribution in [1.82, 2.24) is 9.73 Å². The molecule has 2 rings (SSSR count). The van der Waals surface area contributed by atoms with E-state index in [1.165, 1.54) is 0 Å². The number of ether oxygens (including phenoxy) is 1. The molecular weight excluding hydrogens is 350 g/mol. The highest BCUT2D eigenvalue weighted by Gasteiger charge is 2.22. The van der Waals surface area contributed by atoms with Crippen LogP contribution >= 0.6 is 0 Å². The van der Waals surface area contributed by atoms with Crippen molar-refractivity contribution in [1.29, 1.82) is 0 Å². The molecule has 146 valence electrons. The summed E-state index contributed by atoms with van der Waals surface area (Å²) in [4.78, 5) is 0.310. The van der Waals surface area contributed by atoms with Crippen LogP contribution in [0.2, 0.25) is 0 Å². The Morgan fingerprint density at radius 3 is 2.77 bits per heavy atom. The van der Waals surface area contributed by atoms with Crippen molar-refractivity contribution in [3.05, 3.63) is 29.8 Å². The minimum Gasteiger partial charge on any atom is -0.382 e. The van der Waals surface area contributed by atoms with E-state index in [0.29, 0.717) is 24.1 Å². The summed E-state index contributed by atoms with van der Waals surface area (Å²) in [5, 5.41) is 6.73. The molecule has 0 aliphatic carbocycles. The molecule has 0 aromatic heterocycles. The van der Waals surface area contributed by atoms with Crippen molar-refractivity contribution >= 4 is 16.2 Å². The summed E-state index contributed by atoms with van der Waals surface area (Å²) in [6.45, 7) is 6.10. The third-order valence-corrected chi connectivity index (χ3v) is 6.27. The number of hydrogen-bond acceptors (Lipinski definition) is 5. The predicted molar refractivity (Wildman–Crippen MR) is 105 cm³/mol. The highest BCUT2D eigenvalue weighted by atomic mass is 32.2. The van der Waals surface area contributed by atoms with Crippen LogP contribution in [0.25, 0.3) is 0 Å². The van der Waals surface area contributed by atoms with Gasteiger partial charge in [-0.05, 0) is 50.7 Å². The molecule has 26 heavy (non-hydrogen) atoms. The quantitative estimate of drug-likeness (QED) is 0.633. The van der Waals surface area contributed by atoms with E-state index in [9.17, 15) is 8.42 Å². The van der Waals surface area contributed by atoms with Gasteiger partial charge in [0.1, 0.15) is 0 Å². The molecule has 7 heteroatoms. The maximum atomic E-state index is 12.3. The molecule has 1 aromatic rings. The van der Waals surface area contributed by atoms with Crippen LogP contribution in [0, 0.1) is 12.8 Å². The molecule has 1 fully saturated rings. The van der Waals surface area contributed by atoms with Crippen LogP contribution in [0.1, 0.15) is 38.2 Å². The minimum atomic E-state index is -3.45. The molecule has 1 N–H and O–H groups in total. The standard InChI is InChI=1S/C19H31N3O3S/c1-4-17(14-20-22-13-5-6-18(22)15-25-3)11-12-21-26(23,24)19-9-7-16(2)8-10-19/h7-10,14,17-18,21H,4-6,11-13,15H2,1-3H3/b20-14+/t17-,18-/m0/s1. The van der Waals surface area contributed by atoms with Gasteiger partial charge in [0.05, 0.1) is 17.5 Å². The number of aryl methyl sites for hydroxylation is 1. The average Bonchev–Trinajstić information content (AvgIpc) is 3.06. The van der Waals surface area contributed by atoms with Crippen molar-refractivity contribution < 1.29 is 13.2 Å². The SMILES string of the molecule is CC[C@H](/C=N/N1CCC[C@H]1COC)CCNS(=O)(=O)c1ccc(C)cc1. The molecule has 0 radical (unpaired) electrons. The van der Waals surface area contributed by atoms with Crippen LogP contribution in [0.5, 0.6) is 0 Å². The molecule has 0 saturated carbocycles. The fourth-order valence-corrected chi connectivity index (χ4v) is 4.13. The lowest BCUT2D eigenvalue weighted by molar-refractivity contribution is 0.118. The summed E-state index contributed by atoms with van der Waals surface area (Å²) >= 11 is 0. The van der Waals surface area contributed by atoms with Gasteiger partial charge in [0.2, 0.25) is 10.0 Å². The number of hydrazone groups is 1. The molecule has 0 amide bonds. The smallest absolute Gasteiger partial charge is 0.240 e. The van der Waals surface area contributed by atoms with Crippen molar-refractivity contribution in [3.8, 4) is 0 Å². The van der Waals surface area contributed by atoms with Gasteiger partial charge in [0.25, 0.3) is 0 Å². The number of sulfonamides is 1. The molecular formula is C19H31N3O3S. The highest BCUT2D eigenvalue weighted by molar-refractivity contribution is 7.89. The first-order valence-electron chi connectivity index (χ1n) is 9.32. The Morgan fingerprint density at radius 2 is 2.12 bits per heavy atom. The normalized spacial score (nSPS) is 19.3. The zero-order chi connectivity index (χ0) is 19.0. The molecule has 1 saturated heterocycles. The van der Waals surface area contributed by atoms with Crippen LogP contribution in [0.3, 0.4) is 0 Å². The Kier molecular flexibility index (Phi) is 8.06. The molecule has 1 aliphatic rings. The minimum absolute atomic E-state index is 0.250. The van der Waals surface area contributed by atoms with E-state index in [0.717, 1.165) is 37.8 Å². The molecule has 6 nitrogen and oxygen atoms in total. The zero-order valence-electron chi connectivity index (χ0n) is 16.0. The van der Waals surface area contributed by atoms with Crippen LogP contribution < -0.4 is 4.72 Å². The molecule has 0 unspecified atom stereocenters. The van der Waals surface area contributed by atoms with Gasteiger partial charge < -0.3 is 4.74 Å². The van der Waals surface area contributed by atoms with Crippen LogP contribution in [-0.2, 0) is 14.8 Å². The maximum Gasteiger partial charge on any atom is 0.240 e. The van der Waals surface area contributed by atoms with Crippen molar-refractivity contribution in [2.45, 2.75) is 50.5 Å². The van der Waals surface area contributed by atoms with E-state index in [2.05, 4.69) is 21.8 Å². The Labute approximate surface area is 157 Å². The van der Waals surface area contributed by atoms with Gasteiger partial charge in [0, 0.05) is 26.4 Å². The Hall–Kier alpha value is -1.44. The zero-order valence-corrected chi connectivity index (χ0v) is 16.8. The number of benzene rings is 1. The second-order valence-corrected chi connectivity index (χ2v) is 8.61. The first kappa shape index (κ1) is 20.9. The number of hydrogen-bond donors (Lipinski definition) is 1. The average molecular weight is 382 g/mol. The molecule has 0 spiro atoms. The summed E-state index contributed by atoms with van der Waals surface area (Å²) in [5.41, 5.74) is 1.04. The highest BCUT2D eigenvalue weighted by Crippen LogP contribution is 2.18. The summed E-state index contributed by atoms with van der Waals surface area (Å²) in [6, 6.07) is 7.25. The molecule has 0 bridgehead atoms.